The lowest BCUT2D eigenvalue weighted by molar-refractivity contribution is -0.132. The van der Waals surface area contributed by atoms with E-state index in [0.29, 0.717) is 34.6 Å². The van der Waals surface area contributed by atoms with Gasteiger partial charge in [-0.05, 0) is 18.6 Å². The SMILES string of the molecule is CN1CC(NCc2c(Cl)ccc(Cl)c2Cl)CCC1=O. The van der Waals surface area contributed by atoms with Crippen molar-refractivity contribution in [3.05, 3.63) is 32.8 Å². The monoisotopic (exact) mass is 320 g/mol. The van der Waals surface area contributed by atoms with Crippen molar-refractivity contribution in [2.75, 3.05) is 13.6 Å². The van der Waals surface area contributed by atoms with E-state index in [1.54, 1.807) is 17.0 Å². The molecular weight excluding hydrogens is 307 g/mol. The summed E-state index contributed by atoms with van der Waals surface area (Å²) in [5.74, 6) is 0.192. The number of benzene rings is 1. The highest BCUT2D eigenvalue weighted by molar-refractivity contribution is 6.44. The summed E-state index contributed by atoms with van der Waals surface area (Å²) in [5, 5.41) is 4.96. The summed E-state index contributed by atoms with van der Waals surface area (Å²) >= 11 is 18.2. The van der Waals surface area contributed by atoms with Crippen LogP contribution in [-0.2, 0) is 11.3 Å². The van der Waals surface area contributed by atoms with Crippen LogP contribution in [0, 0.1) is 0 Å². The molecule has 104 valence electrons. The molecule has 0 bridgehead atoms. The van der Waals surface area contributed by atoms with Crippen LogP contribution in [0.1, 0.15) is 18.4 Å². The second-order valence-electron chi connectivity index (χ2n) is 4.71. The van der Waals surface area contributed by atoms with Gasteiger partial charge in [-0.3, -0.25) is 4.79 Å². The van der Waals surface area contributed by atoms with E-state index in [9.17, 15) is 4.79 Å². The maximum Gasteiger partial charge on any atom is 0.222 e. The third-order valence-electron chi connectivity index (χ3n) is 3.33. The molecule has 1 amide bonds. The molecule has 0 spiro atoms. The Morgan fingerprint density at radius 3 is 2.68 bits per heavy atom. The minimum atomic E-state index is 0.192. The Hall–Kier alpha value is -0.480. The smallest absolute Gasteiger partial charge is 0.222 e. The van der Waals surface area contributed by atoms with Gasteiger partial charge in [-0.15, -0.1) is 0 Å². The summed E-state index contributed by atoms with van der Waals surface area (Å²) in [7, 11) is 1.81. The number of rotatable bonds is 3. The zero-order valence-electron chi connectivity index (χ0n) is 10.5. The van der Waals surface area contributed by atoms with E-state index in [1.807, 2.05) is 7.05 Å². The number of hydrogen-bond acceptors (Lipinski definition) is 2. The third-order valence-corrected chi connectivity index (χ3v) is 4.53. The van der Waals surface area contributed by atoms with E-state index >= 15 is 0 Å². The van der Waals surface area contributed by atoms with Gasteiger partial charge in [0.05, 0.1) is 10.0 Å². The topological polar surface area (TPSA) is 32.3 Å². The van der Waals surface area contributed by atoms with Crippen molar-refractivity contribution in [3.8, 4) is 0 Å². The van der Waals surface area contributed by atoms with Gasteiger partial charge in [-0.2, -0.15) is 0 Å². The van der Waals surface area contributed by atoms with Gasteiger partial charge in [0.2, 0.25) is 5.91 Å². The van der Waals surface area contributed by atoms with Crippen molar-refractivity contribution in [1.82, 2.24) is 10.2 Å². The van der Waals surface area contributed by atoms with Gasteiger partial charge < -0.3 is 10.2 Å². The maximum atomic E-state index is 11.4. The molecule has 1 atom stereocenters. The first-order valence-corrected chi connectivity index (χ1v) is 7.22. The number of amides is 1. The molecular formula is C13H15Cl3N2O. The summed E-state index contributed by atoms with van der Waals surface area (Å²) in [4.78, 5) is 13.1. The van der Waals surface area contributed by atoms with E-state index in [1.165, 1.54) is 0 Å². The van der Waals surface area contributed by atoms with Crippen molar-refractivity contribution < 1.29 is 4.79 Å². The van der Waals surface area contributed by atoms with Crippen LogP contribution in [0.3, 0.4) is 0 Å². The molecule has 1 unspecified atom stereocenters. The quantitative estimate of drug-likeness (QED) is 0.866. The predicted molar refractivity (Wildman–Crippen MR) is 79.0 cm³/mol. The van der Waals surface area contributed by atoms with E-state index in [4.69, 9.17) is 34.8 Å². The molecule has 0 saturated carbocycles. The van der Waals surface area contributed by atoms with Crippen molar-refractivity contribution in [2.45, 2.75) is 25.4 Å². The number of carbonyl (C=O) groups excluding carboxylic acids is 1. The van der Waals surface area contributed by atoms with Crippen LogP contribution in [0.25, 0.3) is 0 Å². The van der Waals surface area contributed by atoms with Crippen LogP contribution in [0.5, 0.6) is 0 Å². The summed E-state index contributed by atoms with van der Waals surface area (Å²) < 4.78 is 0. The fourth-order valence-electron chi connectivity index (χ4n) is 2.16. The number of nitrogens with zero attached hydrogens (tertiary/aromatic N) is 1. The Morgan fingerprint density at radius 1 is 1.32 bits per heavy atom. The average Bonchev–Trinajstić information content (AvgIpc) is 2.38. The van der Waals surface area contributed by atoms with Gasteiger partial charge >= 0.3 is 0 Å². The standard InChI is InChI=1S/C13H15Cl3N2O/c1-18-7-8(2-5-12(18)19)17-6-9-10(14)3-4-11(15)13(9)16/h3-4,8,17H,2,5-7H2,1H3. The fraction of sp³-hybridized carbons (Fsp3) is 0.462. The molecule has 0 aromatic heterocycles. The lowest BCUT2D eigenvalue weighted by Gasteiger charge is -2.30. The fourth-order valence-corrected chi connectivity index (χ4v) is 2.84. The normalized spacial score (nSPS) is 19.9. The highest BCUT2D eigenvalue weighted by Gasteiger charge is 2.22. The van der Waals surface area contributed by atoms with E-state index in [2.05, 4.69) is 5.32 Å². The van der Waals surface area contributed by atoms with Gasteiger partial charge in [0.15, 0.2) is 0 Å². The van der Waals surface area contributed by atoms with Crippen LogP contribution in [-0.4, -0.2) is 30.4 Å². The summed E-state index contributed by atoms with van der Waals surface area (Å²) in [6, 6.07) is 3.68. The molecule has 2 rings (SSSR count). The molecule has 0 aliphatic carbocycles. The largest absolute Gasteiger partial charge is 0.344 e. The van der Waals surface area contributed by atoms with E-state index in [-0.39, 0.29) is 11.9 Å². The Balaban J connectivity index is 2.00. The molecule has 19 heavy (non-hydrogen) atoms. The van der Waals surface area contributed by atoms with Crippen molar-refractivity contribution in [1.29, 1.82) is 0 Å². The highest BCUT2D eigenvalue weighted by Crippen LogP contribution is 2.31. The first kappa shape index (κ1) is 14.9. The zero-order chi connectivity index (χ0) is 14.0. The third kappa shape index (κ3) is 3.54. The van der Waals surface area contributed by atoms with Gasteiger partial charge in [0.25, 0.3) is 0 Å². The summed E-state index contributed by atoms with van der Waals surface area (Å²) in [6.45, 7) is 1.25. The number of likely N-dealkylation sites (N-methyl/N-ethyl adjacent to an activating group) is 1. The number of carbonyl (C=O) groups is 1. The minimum absolute atomic E-state index is 0.192. The second kappa shape index (κ2) is 6.31. The van der Waals surface area contributed by atoms with Gasteiger partial charge in [-0.1, -0.05) is 34.8 Å². The van der Waals surface area contributed by atoms with Crippen LogP contribution < -0.4 is 5.32 Å². The highest BCUT2D eigenvalue weighted by atomic mass is 35.5. The molecule has 6 heteroatoms. The molecule has 1 saturated heterocycles. The minimum Gasteiger partial charge on any atom is -0.344 e. The van der Waals surface area contributed by atoms with Gasteiger partial charge in [-0.25, -0.2) is 0 Å². The molecule has 1 aromatic rings. The summed E-state index contributed by atoms with van der Waals surface area (Å²) in [5.41, 5.74) is 0.801. The Kier molecular flexibility index (Phi) is 4.96. The van der Waals surface area contributed by atoms with Crippen LogP contribution in [0.2, 0.25) is 15.1 Å². The number of hydrogen-bond donors (Lipinski definition) is 1. The maximum absolute atomic E-state index is 11.4. The van der Waals surface area contributed by atoms with Gasteiger partial charge in [0.1, 0.15) is 0 Å². The molecule has 1 heterocycles. The number of piperidine rings is 1. The van der Waals surface area contributed by atoms with Crippen LogP contribution in [0.15, 0.2) is 12.1 Å². The Morgan fingerprint density at radius 2 is 2.00 bits per heavy atom. The average molecular weight is 322 g/mol. The first-order chi connectivity index (χ1) is 8.99. The Bertz CT molecular complexity index is 493. The molecule has 1 aliphatic heterocycles. The van der Waals surface area contributed by atoms with Crippen molar-refractivity contribution in [3.63, 3.8) is 0 Å². The summed E-state index contributed by atoms with van der Waals surface area (Å²) in [6.07, 6.45) is 1.41. The van der Waals surface area contributed by atoms with Gasteiger partial charge in [0, 0.05) is 43.2 Å². The first-order valence-electron chi connectivity index (χ1n) is 6.08. The Labute approximate surface area is 127 Å². The zero-order valence-corrected chi connectivity index (χ0v) is 12.8. The molecule has 1 fully saturated rings. The van der Waals surface area contributed by atoms with E-state index < -0.39 is 0 Å². The molecule has 3 nitrogen and oxygen atoms in total. The van der Waals surface area contributed by atoms with Crippen LogP contribution >= 0.6 is 34.8 Å². The van der Waals surface area contributed by atoms with E-state index in [0.717, 1.165) is 12.0 Å². The second-order valence-corrected chi connectivity index (χ2v) is 5.90. The number of nitrogens with one attached hydrogen (secondary N) is 1. The number of likely N-dealkylation sites (tertiary alicyclic amines) is 1. The van der Waals surface area contributed by atoms with Crippen LogP contribution in [0.4, 0.5) is 0 Å². The number of halogens is 3. The van der Waals surface area contributed by atoms with Crippen molar-refractivity contribution >= 4 is 40.7 Å². The molecule has 1 aromatic carbocycles. The lowest BCUT2D eigenvalue weighted by atomic mass is 10.1. The molecule has 1 N–H and O–H groups in total. The lowest BCUT2D eigenvalue weighted by Crippen LogP contribution is -2.46. The predicted octanol–water partition coefficient (Wildman–Crippen LogP) is 3.36. The molecule has 1 aliphatic rings. The van der Waals surface area contributed by atoms with Crippen molar-refractivity contribution in [2.24, 2.45) is 0 Å². The molecule has 0 radical (unpaired) electrons.